The third-order valence-electron chi connectivity index (χ3n) is 3.67. The van der Waals surface area contributed by atoms with E-state index in [1.54, 1.807) is 0 Å². The van der Waals surface area contributed by atoms with Gasteiger partial charge in [0.05, 0.1) is 32.8 Å². The van der Waals surface area contributed by atoms with Gasteiger partial charge in [0.1, 0.15) is 5.82 Å². The van der Waals surface area contributed by atoms with Gasteiger partial charge in [-0.25, -0.2) is 9.29 Å². The molecule has 0 aliphatic carbocycles. The average Bonchev–Trinajstić information content (AvgIpc) is 2.86. The van der Waals surface area contributed by atoms with E-state index in [9.17, 15) is 14.0 Å². The van der Waals surface area contributed by atoms with E-state index in [4.69, 9.17) is 28.3 Å². The molecule has 0 atom stereocenters. The van der Waals surface area contributed by atoms with E-state index >= 15 is 0 Å². The maximum atomic E-state index is 13.2. The molecule has 1 heterocycles. The number of hydrogen-bond donors (Lipinski definition) is 1. The molecular formula is C18H12Cl2FNO3S. The molecule has 2 aromatic carbocycles. The third-order valence-corrected chi connectivity index (χ3v) is 5.47. The molecule has 3 rings (SSSR count). The van der Waals surface area contributed by atoms with Crippen molar-refractivity contribution in [3.05, 3.63) is 68.8 Å². The fraction of sp³-hybridized carbons (Fsp3) is 0.111. The van der Waals surface area contributed by atoms with Gasteiger partial charge in [-0.2, -0.15) is 0 Å². The average molecular weight is 412 g/mol. The van der Waals surface area contributed by atoms with Crippen LogP contribution in [0.25, 0.3) is 5.57 Å². The van der Waals surface area contributed by atoms with Crippen LogP contribution in [0.1, 0.15) is 5.56 Å². The molecule has 1 aliphatic rings. The molecule has 0 spiro atoms. The molecular weight excluding hydrogens is 400 g/mol. The number of carbonyl (C=O) groups is 2. The maximum Gasteiger partial charge on any atom is 0.272 e. The van der Waals surface area contributed by atoms with E-state index in [1.165, 1.54) is 42.5 Å². The van der Waals surface area contributed by atoms with Crippen molar-refractivity contribution < 1.29 is 19.1 Å². The molecule has 2 aromatic rings. The smallest absolute Gasteiger partial charge is 0.272 e. The summed E-state index contributed by atoms with van der Waals surface area (Å²) >= 11 is 13.0. The summed E-state index contributed by atoms with van der Waals surface area (Å²) in [7, 11) is 0. The molecule has 0 saturated heterocycles. The van der Waals surface area contributed by atoms with Crippen molar-refractivity contribution >= 4 is 58.0 Å². The number of hydrogen-bond acceptors (Lipinski definition) is 4. The lowest BCUT2D eigenvalue weighted by molar-refractivity contribution is -0.119. The topological polar surface area (TPSA) is 57.6 Å². The van der Waals surface area contributed by atoms with Crippen LogP contribution in [0.15, 0.2) is 47.4 Å². The maximum absolute atomic E-state index is 13.2. The van der Waals surface area contributed by atoms with Gasteiger partial charge in [0.15, 0.2) is 0 Å². The summed E-state index contributed by atoms with van der Waals surface area (Å²) < 4.78 is 13.2. The van der Waals surface area contributed by atoms with Crippen molar-refractivity contribution in [2.75, 3.05) is 17.3 Å². The van der Waals surface area contributed by atoms with Gasteiger partial charge in [0.25, 0.3) is 11.8 Å². The highest BCUT2D eigenvalue weighted by atomic mass is 35.5. The Labute approximate surface area is 163 Å². The van der Waals surface area contributed by atoms with Gasteiger partial charge < -0.3 is 5.11 Å². The first-order valence-electron chi connectivity index (χ1n) is 7.51. The van der Waals surface area contributed by atoms with Crippen molar-refractivity contribution in [2.45, 2.75) is 0 Å². The molecule has 0 unspecified atom stereocenters. The third kappa shape index (κ3) is 3.50. The van der Waals surface area contributed by atoms with Crippen LogP contribution in [0.4, 0.5) is 10.1 Å². The SMILES string of the molecule is O=C1C(SCCO)=C(c2ccc(F)cc2)C(=O)N1c1ccc(Cl)c(Cl)c1. The quantitative estimate of drug-likeness (QED) is 0.750. The molecule has 0 radical (unpaired) electrons. The zero-order chi connectivity index (χ0) is 18.8. The van der Waals surface area contributed by atoms with E-state index in [0.717, 1.165) is 16.7 Å². The summed E-state index contributed by atoms with van der Waals surface area (Å²) in [6.45, 7) is -0.154. The van der Waals surface area contributed by atoms with E-state index < -0.39 is 17.6 Å². The Morgan fingerprint density at radius 1 is 1.00 bits per heavy atom. The molecule has 0 fully saturated rings. The number of aliphatic hydroxyl groups is 1. The number of nitrogens with zero attached hydrogens (tertiary/aromatic N) is 1. The van der Waals surface area contributed by atoms with Crippen molar-refractivity contribution in [1.82, 2.24) is 0 Å². The molecule has 8 heteroatoms. The van der Waals surface area contributed by atoms with Gasteiger partial charge in [0.2, 0.25) is 0 Å². The molecule has 1 aliphatic heterocycles. The summed E-state index contributed by atoms with van der Waals surface area (Å²) in [4.78, 5) is 27.0. The first kappa shape index (κ1) is 18.9. The van der Waals surface area contributed by atoms with Crippen LogP contribution in [-0.4, -0.2) is 29.3 Å². The Bertz CT molecular complexity index is 915. The Morgan fingerprint density at radius 3 is 2.31 bits per heavy atom. The highest BCUT2D eigenvalue weighted by molar-refractivity contribution is 8.04. The standard InChI is InChI=1S/C18H12Cl2FNO3S/c19-13-6-5-12(9-14(13)20)22-17(24)15(10-1-3-11(21)4-2-10)16(18(22)25)26-8-7-23/h1-6,9,23H,7-8H2. The van der Waals surface area contributed by atoms with Gasteiger partial charge >= 0.3 is 0 Å². The van der Waals surface area contributed by atoms with E-state index in [0.29, 0.717) is 10.6 Å². The molecule has 0 saturated carbocycles. The monoisotopic (exact) mass is 411 g/mol. The van der Waals surface area contributed by atoms with Crippen molar-refractivity contribution in [2.24, 2.45) is 0 Å². The highest BCUT2D eigenvalue weighted by Gasteiger charge is 2.40. The molecule has 0 aromatic heterocycles. The lowest BCUT2D eigenvalue weighted by Crippen LogP contribution is -2.31. The Hall–Kier alpha value is -1.86. The predicted molar refractivity (Wildman–Crippen MR) is 102 cm³/mol. The zero-order valence-electron chi connectivity index (χ0n) is 13.2. The van der Waals surface area contributed by atoms with Gasteiger partial charge in [-0.15, -0.1) is 11.8 Å². The largest absolute Gasteiger partial charge is 0.396 e. The van der Waals surface area contributed by atoms with Crippen molar-refractivity contribution in [3.63, 3.8) is 0 Å². The summed E-state index contributed by atoms with van der Waals surface area (Å²) in [6, 6.07) is 9.76. The number of amides is 2. The number of benzene rings is 2. The van der Waals surface area contributed by atoms with Crippen LogP contribution in [0.3, 0.4) is 0 Å². The lowest BCUT2D eigenvalue weighted by Gasteiger charge is -2.16. The molecule has 1 N–H and O–H groups in total. The fourth-order valence-electron chi connectivity index (χ4n) is 2.52. The minimum Gasteiger partial charge on any atom is -0.396 e. The number of halogens is 3. The second-order valence-corrected chi connectivity index (χ2v) is 7.25. The van der Waals surface area contributed by atoms with Gasteiger partial charge in [0, 0.05) is 5.75 Å². The van der Waals surface area contributed by atoms with Gasteiger partial charge in [-0.3, -0.25) is 9.59 Å². The zero-order valence-corrected chi connectivity index (χ0v) is 15.5. The molecule has 4 nitrogen and oxygen atoms in total. The summed E-state index contributed by atoms with van der Waals surface area (Å²) in [5, 5.41) is 9.60. The first-order chi connectivity index (χ1) is 12.4. The Kier molecular flexibility index (Phi) is 5.67. The number of carbonyl (C=O) groups excluding carboxylic acids is 2. The van der Waals surface area contributed by atoms with Crippen LogP contribution in [0.5, 0.6) is 0 Å². The number of anilines is 1. The summed E-state index contributed by atoms with van der Waals surface area (Å²) in [5.41, 5.74) is 0.876. The number of rotatable bonds is 5. The van der Waals surface area contributed by atoms with Crippen molar-refractivity contribution in [1.29, 1.82) is 0 Å². The second kappa shape index (κ2) is 7.80. The van der Waals surface area contributed by atoms with E-state index in [2.05, 4.69) is 0 Å². The summed E-state index contributed by atoms with van der Waals surface area (Å²) in [5.74, 6) is -1.27. The highest BCUT2D eigenvalue weighted by Crippen LogP contribution is 2.39. The minimum atomic E-state index is -0.541. The Morgan fingerprint density at radius 2 is 1.69 bits per heavy atom. The normalized spacial score (nSPS) is 14.5. The van der Waals surface area contributed by atoms with Crippen LogP contribution in [0.2, 0.25) is 10.0 Å². The number of imide groups is 1. The van der Waals surface area contributed by atoms with Crippen LogP contribution in [-0.2, 0) is 9.59 Å². The van der Waals surface area contributed by atoms with E-state index in [1.807, 2.05) is 0 Å². The Balaban J connectivity index is 2.07. The first-order valence-corrected chi connectivity index (χ1v) is 9.26. The fourth-order valence-corrected chi connectivity index (χ4v) is 3.67. The second-order valence-electron chi connectivity index (χ2n) is 5.33. The summed E-state index contributed by atoms with van der Waals surface area (Å²) in [6.07, 6.45) is 0. The molecule has 0 bridgehead atoms. The molecule has 26 heavy (non-hydrogen) atoms. The van der Waals surface area contributed by atoms with Crippen LogP contribution < -0.4 is 4.90 Å². The van der Waals surface area contributed by atoms with Gasteiger partial charge in [-0.05, 0) is 35.9 Å². The van der Waals surface area contributed by atoms with E-state index in [-0.39, 0.29) is 33.5 Å². The van der Waals surface area contributed by atoms with Crippen molar-refractivity contribution in [3.8, 4) is 0 Å². The van der Waals surface area contributed by atoms with Crippen LogP contribution >= 0.6 is 35.0 Å². The van der Waals surface area contributed by atoms with Crippen LogP contribution in [0, 0.1) is 5.82 Å². The van der Waals surface area contributed by atoms with Gasteiger partial charge in [-0.1, -0.05) is 35.3 Å². The predicted octanol–water partition coefficient (Wildman–Crippen LogP) is 4.14. The molecule has 134 valence electrons. The minimum absolute atomic E-state index is 0.154. The number of aliphatic hydroxyl groups excluding tert-OH is 1. The molecule has 2 amide bonds. The number of thioether (sulfide) groups is 1. The lowest BCUT2D eigenvalue weighted by atomic mass is 10.1.